The highest BCUT2D eigenvalue weighted by atomic mass is 14.9. The third-order valence-corrected chi connectivity index (χ3v) is 2.57. The zero-order valence-corrected chi connectivity index (χ0v) is 9.84. The first-order chi connectivity index (χ1) is 8.45. The van der Waals surface area contributed by atoms with Crippen LogP contribution in [0, 0.1) is 0 Å². The molecule has 2 heterocycles. The van der Waals surface area contributed by atoms with Gasteiger partial charge in [-0.2, -0.15) is 0 Å². The molecule has 0 unspecified atom stereocenters. The monoisotopic (exact) mass is 227 g/mol. The minimum atomic E-state index is 0.962. The van der Waals surface area contributed by atoms with Gasteiger partial charge in [-0.3, -0.25) is 9.97 Å². The van der Waals surface area contributed by atoms with Gasteiger partial charge >= 0.3 is 0 Å². The maximum atomic E-state index is 4.28. The molecule has 0 spiro atoms. The van der Waals surface area contributed by atoms with Gasteiger partial charge in [-0.25, -0.2) is 0 Å². The highest BCUT2D eigenvalue weighted by molar-refractivity contribution is 5.04. The molecule has 3 nitrogen and oxygen atoms in total. The Labute approximate surface area is 102 Å². The Morgan fingerprint density at radius 1 is 0.765 bits per heavy atom. The van der Waals surface area contributed by atoms with Gasteiger partial charge in [0.05, 0.1) is 0 Å². The Kier molecular flexibility index (Phi) is 4.67. The van der Waals surface area contributed by atoms with E-state index in [1.807, 2.05) is 36.7 Å². The van der Waals surface area contributed by atoms with E-state index in [0.29, 0.717) is 0 Å². The molecule has 0 aliphatic carbocycles. The number of hydrogen-bond acceptors (Lipinski definition) is 3. The fourth-order valence-electron chi connectivity index (χ4n) is 1.65. The number of hydrogen-bond donors (Lipinski definition) is 1. The average molecular weight is 227 g/mol. The molecule has 2 rings (SSSR count). The van der Waals surface area contributed by atoms with Gasteiger partial charge in [-0.1, -0.05) is 12.1 Å². The van der Waals surface area contributed by atoms with Crippen molar-refractivity contribution in [2.24, 2.45) is 0 Å². The SMILES string of the molecule is c1ccc(CCNCCc2ccccn2)nc1. The van der Waals surface area contributed by atoms with Crippen LogP contribution in [0.5, 0.6) is 0 Å². The lowest BCUT2D eigenvalue weighted by molar-refractivity contribution is 0.670. The molecule has 88 valence electrons. The molecule has 0 radical (unpaired) electrons. The van der Waals surface area contributed by atoms with Crippen LogP contribution in [0.25, 0.3) is 0 Å². The molecular formula is C14H17N3. The molecule has 17 heavy (non-hydrogen) atoms. The van der Waals surface area contributed by atoms with Gasteiger partial charge in [0.15, 0.2) is 0 Å². The molecule has 2 aromatic rings. The molecule has 0 saturated carbocycles. The molecule has 0 aliphatic heterocycles. The minimum Gasteiger partial charge on any atom is -0.316 e. The molecule has 0 fully saturated rings. The van der Waals surface area contributed by atoms with Crippen molar-refractivity contribution in [2.75, 3.05) is 13.1 Å². The highest BCUT2D eigenvalue weighted by Gasteiger charge is 1.94. The van der Waals surface area contributed by atoms with Crippen LogP contribution in [0.15, 0.2) is 48.8 Å². The quantitative estimate of drug-likeness (QED) is 0.765. The first-order valence-corrected chi connectivity index (χ1v) is 5.96. The van der Waals surface area contributed by atoms with Crippen LogP contribution >= 0.6 is 0 Å². The summed E-state index contributed by atoms with van der Waals surface area (Å²) in [7, 11) is 0. The maximum Gasteiger partial charge on any atom is 0.0416 e. The van der Waals surface area contributed by atoms with Gasteiger partial charge in [0.2, 0.25) is 0 Å². The second-order valence-corrected chi connectivity index (χ2v) is 3.89. The average Bonchev–Trinajstić information content (AvgIpc) is 2.41. The molecular weight excluding hydrogens is 210 g/mol. The summed E-state index contributed by atoms with van der Waals surface area (Å²) in [6, 6.07) is 12.0. The van der Waals surface area contributed by atoms with Crippen LogP contribution in [-0.4, -0.2) is 23.1 Å². The lowest BCUT2D eigenvalue weighted by atomic mass is 10.2. The van der Waals surface area contributed by atoms with Gasteiger partial charge in [-0.05, 0) is 24.3 Å². The Bertz CT molecular complexity index is 372. The summed E-state index contributed by atoms with van der Waals surface area (Å²) in [5.74, 6) is 0. The molecule has 0 aliphatic rings. The zero-order chi connectivity index (χ0) is 11.8. The molecule has 0 saturated heterocycles. The second kappa shape index (κ2) is 6.76. The summed E-state index contributed by atoms with van der Waals surface area (Å²) in [6.07, 6.45) is 5.62. The van der Waals surface area contributed by atoms with E-state index in [0.717, 1.165) is 37.3 Å². The van der Waals surface area contributed by atoms with Gasteiger partial charge in [-0.15, -0.1) is 0 Å². The fraction of sp³-hybridized carbons (Fsp3) is 0.286. The number of nitrogens with zero attached hydrogens (tertiary/aromatic N) is 2. The normalized spacial score (nSPS) is 10.4. The summed E-state index contributed by atoms with van der Waals surface area (Å²) in [4.78, 5) is 8.56. The van der Waals surface area contributed by atoms with E-state index in [9.17, 15) is 0 Å². The van der Waals surface area contributed by atoms with Crippen LogP contribution in [0.2, 0.25) is 0 Å². The summed E-state index contributed by atoms with van der Waals surface area (Å²) >= 11 is 0. The Morgan fingerprint density at radius 2 is 1.29 bits per heavy atom. The molecule has 2 aromatic heterocycles. The van der Waals surface area contributed by atoms with E-state index in [-0.39, 0.29) is 0 Å². The van der Waals surface area contributed by atoms with Crippen LogP contribution in [0.3, 0.4) is 0 Å². The molecule has 3 heteroatoms. The predicted molar refractivity (Wildman–Crippen MR) is 68.8 cm³/mol. The van der Waals surface area contributed by atoms with E-state index >= 15 is 0 Å². The smallest absolute Gasteiger partial charge is 0.0416 e. The number of pyridine rings is 2. The van der Waals surface area contributed by atoms with Gasteiger partial charge in [0, 0.05) is 49.7 Å². The van der Waals surface area contributed by atoms with Crippen molar-refractivity contribution in [3.63, 3.8) is 0 Å². The fourth-order valence-corrected chi connectivity index (χ4v) is 1.65. The Morgan fingerprint density at radius 3 is 1.71 bits per heavy atom. The van der Waals surface area contributed by atoms with E-state index < -0.39 is 0 Å². The van der Waals surface area contributed by atoms with Crippen molar-refractivity contribution >= 4 is 0 Å². The highest BCUT2D eigenvalue weighted by Crippen LogP contribution is 1.95. The standard InChI is InChI=1S/C14H17N3/c1-3-9-16-13(5-1)7-11-15-12-8-14-6-2-4-10-17-14/h1-6,9-10,15H,7-8,11-12H2. The summed E-state index contributed by atoms with van der Waals surface area (Å²) in [5.41, 5.74) is 2.27. The largest absolute Gasteiger partial charge is 0.316 e. The Hall–Kier alpha value is -1.74. The molecule has 0 bridgehead atoms. The molecule has 0 amide bonds. The van der Waals surface area contributed by atoms with Crippen molar-refractivity contribution in [1.82, 2.24) is 15.3 Å². The minimum absolute atomic E-state index is 0.962. The van der Waals surface area contributed by atoms with Crippen LogP contribution in [0.4, 0.5) is 0 Å². The predicted octanol–water partition coefficient (Wildman–Crippen LogP) is 1.85. The van der Waals surface area contributed by atoms with E-state index in [2.05, 4.69) is 27.4 Å². The van der Waals surface area contributed by atoms with Crippen molar-refractivity contribution in [2.45, 2.75) is 12.8 Å². The molecule has 0 aromatic carbocycles. The van der Waals surface area contributed by atoms with E-state index in [4.69, 9.17) is 0 Å². The third-order valence-electron chi connectivity index (χ3n) is 2.57. The zero-order valence-electron chi connectivity index (χ0n) is 9.84. The molecule has 0 atom stereocenters. The number of aromatic nitrogens is 2. The topological polar surface area (TPSA) is 37.8 Å². The maximum absolute atomic E-state index is 4.28. The second-order valence-electron chi connectivity index (χ2n) is 3.89. The summed E-state index contributed by atoms with van der Waals surface area (Å²) in [6.45, 7) is 1.92. The number of rotatable bonds is 6. The first kappa shape index (κ1) is 11.7. The summed E-state index contributed by atoms with van der Waals surface area (Å²) in [5, 5.41) is 3.40. The van der Waals surface area contributed by atoms with Crippen molar-refractivity contribution in [3.05, 3.63) is 60.2 Å². The molecule has 1 N–H and O–H groups in total. The van der Waals surface area contributed by atoms with E-state index in [1.165, 1.54) is 0 Å². The van der Waals surface area contributed by atoms with Crippen molar-refractivity contribution in [1.29, 1.82) is 0 Å². The van der Waals surface area contributed by atoms with Gasteiger partial charge < -0.3 is 5.32 Å². The van der Waals surface area contributed by atoms with Crippen LogP contribution in [0.1, 0.15) is 11.4 Å². The van der Waals surface area contributed by atoms with Gasteiger partial charge in [0.25, 0.3) is 0 Å². The van der Waals surface area contributed by atoms with Gasteiger partial charge in [0.1, 0.15) is 0 Å². The number of nitrogens with one attached hydrogen (secondary N) is 1. The van der Waals surface area contributed by atoms with Crippen molar-refractivity contribution in [3.8, 4) is 0 Å². The lowest BCUT2D eigenvalue weighted by Gasteiger charge is -2.04. The van der Waals surface area contributed by atoms with Crippen LogP contribution < -0.4 is 5.32 Å². The summed E-state index contributed by atoms with van der Waals surface area (Å²) < 4.78 is 0. The third kappa shape index (κ3) is 4.33. The lowest BCUT2D eigenvalue weighted by Crippen LogP contribution is -2.20. The van der Waals surface area contributed by atoms with Crippen LogP contribution in [-0.2, 0) is 12.8 Å². The van der Waals surface area contributed by atoms with Crippen molar-refractivity contribution < 1.29 is 0 Å². The van der Waals surface area contributed by atoms with E-state index in [1.54, 1.807) is 0 Å². The first-order valence-electron chi connectivity index (χ1n) is 5.96. The Balaban J connectivity index is 1.61.